The van der Waals surface area contributed by atoms with E-state index in [0.29, 0.717) is 45.0 Å². The molecule has 1 N–H and O–H groups in total. The van der Waals surface area contributed by atoms with E-state index in [2.05, 4.69) is 5.32 Å². The highest BCUT2D eigenvalue weighted by atomic mass is 16.5. The SMILES string of the molecule is CCOc1ccc(CCNC(=O)C(=O)N2CCCC2)cc1OCC. The normalized spacial score (nSPS) is 13.7. The highest BCUT2D eigenvalue weighted by Crippen LogP contribution is 2.28. The molecule has 0 spiro atoms. The summed E-state index contributed by atoms with van der Waals surface area (Å²) >= 11 is 0. The van der Waals surface area contributed by atoms with Crippen molar-refractivity contribution in [2.45, 2.75) is 33.1 Å². The van der Waals surface area contributed by atoms with Gasteiger partial charge in [0.05, 0.1) is 13.2 Å². The Bertz CT molecular complexity index is 568. The maximum atomic E-state index is 11.9. The minimum atomic E-state index is -0.520. The van der Waals surface area contributed by atoms with Gasteiger partial charge < -0.3 is 19.7 Å². The minimum absolute atomic E-state index is 0.415. The summed E-state index contributed by atoms with van der Waals surface area (Å²) in [5.41, 5.74) is 1.02. The van der Waals surface area contributed by atoms with E-state index in [9.17, 15) is 9.59 Å². The van der Waals surface area contributed by atoms with Crippen molar-refractivity contribution in [3.8, 4) is 11.5 Å². The van der Waals surface area contributed by atoms with Crippen LogP contribution in [-0.2, 0) is 16.0 Å². The van der Waals surface area contributed by atoms with Crippen LogP contribution in [0.3, 0.4) is 0 Å². The van der Waals surface area contributed by atoms with Crippen LogP contribution in [0.25, 0.3) is 0 Å². The van der Waals surface area contributed by atoms with Gasteiger partial charge in [0.15, 0.2) is 11.5 Å². The van der Waals surface area contributed by atoms with E-state index in [1.165, 1.54) is 0 Å². The molecular weight excluding hydrogens is 308 g/mol. The summed E-state index contributed by atoms with van der Waals surface area (Å²) in [4.78, 5) is 25.4. The topological polar surface area (TPSA) is 67.9 Å². The quantitative estimate of drug-likeness (QED) is 0.772. The molecule has 1 aliphatic heterocycles. The van der Waals surface area contributed by atoms with Crippen molar-refractivity contribution >= 4 is 11.8 Å². The van der Waals surface area contributed by atoms with E-state index in [1.54, 1.807) is 4.90 Å². The summed E-state index contributed by atoms with van der Waals surface area (Å²) in [6, 6.07) is 5.74. The Morgan fingerprint density at radius 2 is 1.75 bits per heavy atom. The van der Waals surface area contributed by atoms with Crippen LogP contribution in [-0.4, -0.2) is 49.6 Å². The molecule has 0 atom stereocenters. The Kier molecular flexibility index (Phi) is 6.90. The standard InChI is InChI=1S/C18H26N2O4/c1-3-23-15-8-7-14(13-16(15)24-4-2)9-10-19-17(21)18(22)20-11-5-6-12-20/h7-8,13H,3-6,9-12H2,1-2H3,(H,19,21). The molecule has 0 saturated carbocycles. The average Bonchev–Trinajstić information content (AvgIpc) is 3.11. The predicted molar refractivity (Wildman–Crippen MR) is 91.3 cm³/mol. The van der Waals surface area contributed by atoms with E-state index in [4.69, 9.17) is 9.47 Å². The van der Waals surface area contributed by atoms with Crippen LogP contribution in [0.1, 0.15) is 32.3 Å². The molecule has 0 bridgehead atoms. The number of ether oxygens (including phenoxy) is 2. The lowest BCUT2D eigenvalue weighted by Crippen LogP contribution is -2.42. The van der Waals surface area contributed by atoms with Crippen molar-refractivity contribution in [1.29, 1.82) is 0 Å². The molecule has 0 aliphatic carbocycles. The van der Waals surface area contributed by atoms with E-state index < -0.39 is 11.8 Å². The smallest absolute Gasteiger partial charge is 0.311 e. The predicted octanol–water partition coefficient (Wildman–Crippen LogP) is 1.77. The van der Waals surface area contributed by atoms with Crippen LogP contribution in [0.2, 0.25) is 0 Å². The molecule has 0 aromatic heterocycles. The molecule has 24 heavy (non-hydrogen) atoms. The van der Waals surface area contributed by atoms with Gasteiger partial charge in [0.25, 0.3) is 0 Å². The fraction of sp³-hybridized carbons (Fsp3) is 0.556. The zero-order chi connectivity index (χ0) is 17.4. The van der Waals surface area contributed by atoms with Crippen LogP contribution < -0.4 is 14.8 Å². The molecule has 2 rings (SSSR count). The van der Waals surface area contributed by atoms with Gasteiger partial charge in [-0.3, -0.25) is 9.59 Å². The number of likely N-dealkylation sites (tertiary alicyclic amines) is 1. The van der Waals surface area contributed by atoms with E-state index in [-0.39, 0.29) is 0 Å². The highest BCUT2D eigenvalue weighted by molar-refractivity contribution is 6.35. The second kappa shape index (κ2) is 9.15. The molecule has 1 aromatic carbocycles. The summed E-state index contributed by atoms with van der Waals surface area (Å²) in [6.45, 7) is 6.77. The number of carbonyl (C=O) groups excluding carboxylic acids is 2. The summed E-state index contributed by atoms with van der Waals surface area (Å²) in [5, 5.41) is 2.70. The molecule has 2 amide bonds. The summed E-state index contributed by atoms with van der Waals surface area (Å²) in [7, 11) is 0. The van der Waals surface area contributed by atoms with Crippen LogP contribution in [0.5, 0.6) is 11.5 Å². The lowest BCUT2D eigenvalue weighted by molar-refractivity contribution is -0.145. The number of hydrogen-bond donors (Lipinski definition) is 1. The Morgan fingerprint density at radius 3 is 2.42 bits per heavy atom. The molecule has 1 aliphatic rings. The first kappa shape index (κ1) is 18.1. The molecule has 132 valence electrons. The van der Waals surface area contributed by atoms with Crippen molar-refractivity contribution in [3.63, 3.8) is 0 Å². The zero-order valence-corrected chi connectivity index (χ0v) is 14.5. The number of hydrogen-bond acceptors (Lipinski definition) is 4. The van der Waals surface area contributed by atoms with Gasteiger partial charge in [-0.15, -0.1) is 0 Å². The van der Waals surface area contributed by atoms with Gasteiger partial charge in [-0.1, -0.05) is 6.07 Å². The Balaban J connectivity index is 1.85. The van der Waals surface area contributed by atoms with Crippen molar-refractivity contribution in [3.05, 3.63) is 23.8 Å². The maximum Gasteiger partial charge on any atom is 0.311 e. The molecule has 1 aromatic rings. The van der Waals surface area contributed by atoms with Crippen LogP contribution in [0, 0.1) is 0 Å². The molecule has 1 heterocycles. The van der Waals surface area contributed by atoms with Gasteiger partial charge in [0.1, 0.15) is 0 Å². The molecule has 0 radical (unpaired) electrons. The zero-order valence-electron chi connectivity index (χ0n) is 14.5. The van der Waals surface area contributed by atoms with E-state index in [1.807, 2.05) is 32.0 Å². The number of rotatable bonds is 7. The number of carbonyl (C=O) groups is 2. The summed E-state index contributed by atoms with van der Waals surface area (Å²) in [5.74, 6) is 0.481. The second-order valence-electron chi connectivity index (χ2n) is 5.65. The molecule has 1 saturated heterocycles. The lowest BCUT2D eigenvalue weighted by Gasteiger charge is -2.15. The lowest BCUT2D eigenvalue weighted by atomic mass is 10.1. The van der Waals surface area contributed by atoms with E-state index >= 15 is 0 Å². The summed E-state index contributed by atoms with van der Waals surface area (Å²) in [6.07, 6.45) is 2.59. The fourth-order valence-electron chi connectivity index (χ4n) is 2.71. The maximum absolute atomic E-state index is 11.9. The molecule has 6 heteroatoms. The first-order chi connectivity index (χ1) is 11.7. The highest BCUT2D eigenvalue weighted by Gasteiger charge is 2.23. The Hall–Kier alpha value is -2.24. The number of benzene rings is 1. The van der Waals surface area contributed by atoms with Crippen molar-refractivity contribution in [1.82, 2.24) is 10.2 Å². The van der Waals surface area contributed by atoms with Crippen molar-refractivity contribution < 1.29 is 19.1 Å². The van der Waals surface area contributed by atoms with Gasteiger partial charge in [-0.25, -0.2) is 0 Å². The van der Waals surface area contributed by atoms with Gasteiger partial charge in [0.2, 0.25) is 0 Å². The third-order valence-electron chi connectivity index (χ3n) is 3.89. The van der Waals surface area contributed by atoms with E-state index in [0.717, 1.165) is 24.2 Å². The fourth-order valence-corrected chi connectivity index (χ4v) is 2.71. The van der Waals surface area contributed by atoms with Gasteiger partial charge >= 0.3 is 11.8 Å². The van der Waals surface area contributed by atoms with Gasteiger partial charge in [-0.2, -0.15) is 0 Å². The summed E-state index contributed by atoms with van der Waals surface area (Å²) < 4.78 is 11.1. The van der Waals surface area contributed by atoms with Crippen LogP contribution >= 0.6 is 0 Å². The molecule has 0 unspecified atom stereocenters. The Labute approximate surface area is 143 Å². The Morgan fingerprint density at radius 1 is 1.08 bits per heavy atom. The molecule has 6 nitrogen and oxygen atoms in total. The number of nitrogens with one attached hydrogen (secondary N) is 1. The van der Waals surface area contributed by atoms with Crippen LogP contribution in [0.4, 0.5) is 0 Å². The second-order valence-corrected chi connectivity index (χ2v) is 5.65. The molecule has 1 fully saturated rings. The largest absolute Gasteiger partial charge is 0.490 e. The van der Waals surface area contributed by atoms with Crippen molar-refractivity contribution in [2.75, 3.05) is 32.8 Å². The number of amides is 2. The number of nitrogens with zero attached hydrogens (tertiary/aromatic N) is 1. The van der Waals surface area contributed by atoms with Crippen LogP contribution in [0.15, 0.2) is 18.2 Å². The van der Waals surface area contributed by atoms with Gasteiger partial charge in [0, 0.05) is 19.6 Å². The third kappa shape index (κ3) is 4.88. The van der Waals surface area contributed by atoms with Crippen molar-refractivity contribution in [2.24, 2.45) is 0 Å². The first-order valence-electron chi connectivity index (χ1n) is 8.61. The minimum Gasteiger partial charge on any atom is -0.490 e. The van der Waals surface area contributed by atoms with Gasteiger partial charge in [-0.05, 0) is 50.8 Å². The monoisotopic (exact) mass is 334 g/mol. The first-order valence-corrected chi connectivity index (χ1v) is 8.61. The average molecular weight is 334 g/mol. The third-order valence-corrected chi connectivity index (χ3v) is 3.89. The molecular formula is C18H26N2O4.